The van der Waals surface area contributed by atoms with Gasteiger partial charge in [-0.1, -0.05) is 13.8 Å². The summed E-state index contributed by atoms with van der Waals surface area (Å²) in [5.74, 6) is 1.80. The lowest BCUT2D eigenvalue weighted by molar-refractivity contribution is -0.00913. The van der Waals surface area contributed by atoms with Crippen LogP contribution in [0.2, 0.25) is 0 Å². The molecule has 3 nitrogen and oxygen atoms in total. The van der Waals surface area contributed by atoms with Crippen molar-refractivity contribution < 1.29 is 9.84 Å². The van der Waals surface area contributed by atoms with E-state index in [4.69, 9.17) is 4.74 Å². The minimum Gasteiger partial charge on any atom is -0.389 e. The number of rotatable bonds is 11. The molecule has 0 aliphatic carbocycles. The van der Waals surface area contributed by atoms with Crippen LogP contribution < -0.4 is 5.32 Å². The molecular weight excluding hydrogens is 246 g/mol. The predicted molar refractivity (Wildman–Crippen MR) is 81.3 cm³/mol. The van der Waals surface area contributed by atoms with Gasteiger partial charge in [0.05, 0.1) is 18.8 Å². The summed E-state index contributed by atoms with van der Waals surface area (Å²) in [5, 5.41) is 13.2. The van der Waals surface area contributed by atoms with Gasteiger partial charge in [-0.3, -0.25) is 0 Å². The summed E-state index contributed by atoms with van der Waals surface area (Å²) in [6, 6.07) is 0.459. The van der Waals surface area contributed by atoms with Crippen LogP contribution in [0.25, 0.3) is 0 Å². The molecule has 4 heteroatoms. The van der Waals surface area contributed by atoms with E-state index in [0.29, 0.717) is 25.1 Å². The lowest BCUT2D eigenvalue weighted by Crippen LogP contribution is -2.36. The summed E-state index contributed by atoms with van der Waals surface area (Å²) in [5.41, 5.74) is 0. The van der Waals surface area contributed by atoms with E-state index in [1.807, 2.05) is 11.8 Å². The molecule has 0 aromatic carbocycles. The molecule has 0 spiro atoms. The average molecular weight is 277 g/mol. The van der Waals surface area contributed by atoms with Crippen molar-refractivity contribution in [2.24, 2.45) is 5.92 Å². The highest BCUT2D eigenvalue weighted by atomic mass is 32.2. The number of aliphatic hydroxyl groups is 1. The van der Waals surface area contributed by atoms with E-state index < -0.39 is 6.10 Å². The molecule has 3 unspecified atom stereocenters. The van der Waals surface area contributed by atoms with Crippen molar-refractivity contribution in [2.75, 3.05) is 25.2 Å². The van der Waals surface area contributed by atoms with Crippen LogP contribution in [0.5, 0.6) is 0 Å². The average Bonchev–Trinajstić information content (AvgIpc) is 2.30. The molecular formula is C14H31NO2S. The molecule has 2 N–H and O–H groups in total. The Kier molecular flexibility index (Phi) is 11.2. The first-order chi connectivity index (χ1) is 8.45. The fourth-order valence-electron chi connectivity index (χ4n) is 1.80. The minimum atomic E-state index is -0.406. The van der Waals surface area contributed by atoms with E-state index >= 15 is 0 Å². The highest BCUT2D eigenvalue weighted by molar-refractivity contribution is 7.98. The van der Waals surface area contributed by atoms with Crippen LogP contribution in [0, 0.1) is 5.92 Å². The molecule has 18 heavy (non-hydrogen) atoms. The van der Waals surface area contributed by atoms with Gasteiger partial charge in [0.1, 0.15) is 0 Å². The molecule has 3 atom stereocenters. The Morgan fingerprint density at radius 1 is 1.22 bits per heavy atom. The topological polar surface area (TPSA) is 41.5 Å². The van der Waals surface area contributed by atoms with E-state index in [2.05, 4.69) is 39.3 Å². The minimum absolute atomic E-state index is 0.230. The number of hydrogen-bond acceptors (Lipinski definition) is 4. The van der Waals surface area contributed by atoms with Gasteiger partial charge in [-0.05, 0) is 44.6 Å². The molecule has 0 aliphatic rings. The molecule has 0 radical (unpaired) electrons. The summed E-state index contributed by atoms with van der Waals surface area (Å²) in [6.45, 7) is 9.64. The maximum atomic E-state index is 9.81. The molecule has 0 fully saturated rings. The van der Waals surface area contributed by atoms with Crippen molar-refractivity contribution >= 4 is 11.8 Å². The maximum Gasteiger partial charge on any atom is 0.0897 e. The molecule has 0 rings (SSSR count). The summed E-state index contributed by atoms with van der Waals surface area (Å²) in [6.07, 6.45) is 4.12. The first-order valence-electron chi connectivity index (χ1n) is 6.97. The van der Waals surface area contributed by atoms with Crippen LogP contribution in [0.1, 0.15) is 40.5 Å². The van der Waals surface area contributed by atoms with Crippen LogP contribution in [0.4, 0.5) is 0 Å². The van der Waals surface area contributed by atoms with Gasteiger partial charge in [0.25, 0.3) is 0 Å². The smallest absolute Gasteiger partial charge is 0.0897 e. The molecule has 0 aromatic rings. The number of hydrogen-bond donors (Lipinski definition) is 2. The number of aliphatic hydroxyl groups excluding tert-OH is 1. The molecule has 0 saturated carbocycles. The van der Waals surface area contributed by atoms with E-state index in [1.165, 1.54) is 0 Å². The van der Waals surface area contributed by atoms with Crippen molar-refractivity contribution in [3.63, 3.8) is 0 Å². The first-order valence-corrected chi connectivity index (χ1v) is 8.37. The predicted octanol–water partition coefficient (Wildman–Crippen LogP) is 2.53. The van der Waals surface area contributed by atoms with Crippen LogP contribution in [0.3, 0.4) is 0 Å². The van der Waals surface area contributed by atoms with Gasteiger partial charge in [-0.15, -0.1) is 0 Å². The summed E-state index contributed by atoms with van der Waals surface area (Å²) < 4.78 is 5.63. The summed E-state index contributed by atoms with van der Waals surface area (Å²) in [7, 11) is 0. The van der Waals surface area contributed by atoms with Gasteiger partial charge >= 0.3 is 0 Å². The number of nitrogens with one attached hydrogen (secondary N) is 1. The fraction of sp³-hybridized carbons (Fsp3) is 1.00. The zero-order valence-electron chi connectivity index (χ0n) is 12.6. The summed E-state index contributed by atoms with van der Waals surface area (Å²) in [4.78, 5) is 0. The summed E-state index contributed by atoms with van der Waals surface area (Å²) >= 11 is 1.86. The Labute approximate surface area is 117 Å². The van der Waals surface area contributed by atoms with E-state index in [9.17, 15) is 5.11 Å². The fourth-order valence-corrected chi connectivity index (χ4v) is 2.39. The van der Waals surface area contributed by atoms with Gasteiger partial charge in [-0.25, -0.2) is 0 Å². The zero-order valence-corrected chi connectivity index (χ0v) is 13.4. The van der Waals surface area contributed by atoms with E-state index in [-0.39, 0.29) is 6.10 Å². The molecule has 0 aromatic heterocycles. The third-order valence-corrected chi connectivity index (χ3v) is 3.48. The second kappa shape index (κ2) is 11.1. The highest BCUT2D eigenvalue weighted by Crippen LogP contribution is 2.07. The standard InChI is InChI=1S/C14H31NO2S/c1-11(2)8-13(4)17-10-14(16)9-15-12(3)6-7-18-5/h11-16H,6-10H2,1-5H3. The van der Waals surface area contributed by atoms with Crippen molar-refractivity contribution in [1.82, 2.24) is 5.32 Å². The lowest BCUT2D eigenvalue weighted by Gasteiger charge is -2.20. The van der Waals surface area contributed by atoms with Crippen molar-refractivity contribution in [1.29, 1.82) is 0 Å². The van der Waals surface area contributed by atoms with Gasteiger partial charge in [-0.2, -0.15) is 11.8 Å². The molecule has 0 aliphatic heterocycles. The maximum absolute atomic E-state index is 9.81. The second-order valence-electron chi connectivity index (χ2n) is 5.52. The third-order valence-electron chi connectivity index (χ3n) is 2.83. The van der Waals surface area contributed by atoms with Crippen LogP contribution in [-0.2, 0) is 4.74 Å². The Bertz CT molecular complexity index is 191. The molecule has 0 bridgehead atoms. The van der Waals surface area contributed by atoms with Crippen molar-refractivity contribution in [3.05, 3.63) is 0 Å². The number of ether oxygens (including phenoxy) is 1. The van der Waals surface area contributed by atoms with E-state index in [1.54, 1.807) is 0 Å². The van der Waals surface area contributed by atoms with Crippen LogP contribution in [0.15, 0.2) is 0 Å². The zero-order chi connectivity index (χ0) is 14.0. The van der Waals surface area contributed by atoms with Crippen molar-refractivity contribution in [2.45, 2.75) is 58.8 Å². The number of thioether (sulfide) groups is 1. The molecule has 0 saturated heterocycles. The highest BCUT2D eigenvalue weighted by Gasteiger charge is 2.10. The van der Waals surface area contributed by atoms with Gasteiger partial charge < -0.3 is 15.2 Å². The Hall–Kier alpha value is 0.230. The Morgan fingerprint density at radius 2 is 1.89 bits per heavy atom. The third kappa shape index (κ3) is 11.3. The first kappa shape index (κ1) is 18.2. The van der Waals surface area contributed by atoms with Gasteiger partial charge in [0.15, 0.2) is 0 Å². The Morgan fingerprint density at radius 3 is 2.44 bits per heavy atom. The van der Waals surface area contributed by atoms with Crippen LogP contribution in [-0.4, -0.2) is 48.5 Å². The largest absolute Gasteiger partial charge is 0.389 e. The normalized spacial score (nSPS) is 16.8. The molecule has 0 heterocycles. The Balaban J connectivity index is 3.55. The van der Waals surface area contributed by atoms with Crippen molar-refractivity contribution in [3.8, 4) is 0 Å². The molecule has 110 valence electrons. The monoisotopic (exact) mass is 277 g/mol. The van der Waals surface area contributed by atoms with Crippen LogP contribution >= 0.6 is 11.8 Å². The van der Waals surface area contributed by atoms with Gasteiger partial charge in [0, 0.05) is 12.6 Å². The molecule has 0 amide bonds. The second-order valence-corrected chi connectivity index (χ2v) is 6.50. The van der Waals surface area contributed by atoms with Gasteiger partial charge in [0.2, 0.25) is 0 Å². The SMILES string of the molecule is CSCCC(C)NCC(O)COC(C)CC(C)C. The quantitative estimate of drug-likeness (QED) is 0.609. The lowest BCUT2D eigenvalue weighted by atomic mass is 10.1. The van der Waals surface area contributed by atoms with E-state index in [0.717, 1.165) is 18.6 Å².